The molecule has 8 nitrogen and oxygen atoms in total. The summed E-state index contributed by atoms with van der Waals surface area (Å²) in [6.07, 6.45) is 1.70. The van der Waals surface area contributed by atoms with E-state index in [9.17, 15) is 10.1 Å². The number of nitro benzene ring substituents is 1. The van der Waals surface area contributed by atoms with E-state index in [1.807, 2.05) is 7.05 Å². The van der Waals surface area contributed by atoms with Crippen LogP contribution in [0.15, 0.2) is 24.4 Å². The topological polar surface area (TPSA) is 95.1 Å². The van der Waals surface area contributed by atoms with E-state index in [2.05, 4.69) is 15.6 Å². The van der Waals surface area contributed by atoms with Crippen LogP contribution in [0.25, 0.3) is 0 Å². The highest BCUT2D eigenvalue weighted by molar-refractivity contribution is 5.48. The van der Waals surface area contributed by atoms with Gasteiger partial charge in [-0.05, 0) is 18.7 Å². The van der Waals surface area contributed by atoms with Gasteiger partial charge in [0.1, 0.15) is 12.3 Å². The molecule has 0 aliphatic heterocycles. The molecule has 0 aliphatic rings. The third-order valence-corrected chi connectivity index (χ3v) is 2.63. The second kappa shape index (κ2) is 6.11. The Morgan fingerprint density at radius 2 is 2.30 bits per heavy atom. The molecule has 2 aromatic rings. The molecule has 1 N–H and O–H groups in total. The Labute approximate surface area is 115 Å². The van der Waals surface area contributed by atoms with Gasteiger partial charge in [-0.15, -0.1) is 5.10 Å². The van der Waals surface area contributed by atoms with Crippen molar-refractivity contribution in [1.29, 1.82) is 0 Å². The summed E-state index contributed by atoms with van der Waals surface area (Å²) in [5.41, 5.74) is 1.46. The molecule has 0 amide bonds. The molecule has 0 aliphatic carbocycles. The number of hydrogen-bond acceptors (Lipinski definition) is 6. The summed E-state index contributed by atoms with van der Waals surface area (Å²) in [7, 11) is 3.55. The number of benzene rings is 1. The molecule has 1 aromatic heterocycles. The number of aromatic nitrogens is 3. The Morgan fingerprint density at radius 1 is 1.50 bits per heavy atom. The molecule has 2 rings (SSSR count). The molecular weight excluding hydrogens is 262 g/mol. The molecule has 0 atom stereocenters. The van der Waals surface area contributed by atoms with Gasteiger partial charge in [-0.2, -0.15) is 0 Å². The van der Waals surface area contributed by atoms with E-state index in [4.69, 9.17) is 4.74 Å². The SMILES string of the molecule is CNCc1ccc([N+](=O)[O-])c(OCc2cn(C)nn2)c1. The van der Waals surface area contributed by atoms with Crippen LogP contribution in [0.2, 0.25) is 0 Å². The van der Waals surface area contributed by atoms with Crippen molar-refractivity contribution in [1.82, 2.24) is 20.3 Å². The van der Waals surface area contributed by atoms with Crippen LogP contribution >= 0.6 is 0 Å². The highest BCUT2D eigenvalue weighted by Gasteiger charge is 2.16. The summed E-state index contributed by atoms with van der Waals surface area (Å²) < 4.78 is 7.05. The number of rotatable bonds is 6. The van der Waals surface area contributed by atoms with Gasteiger partial charge in [0, 0.05) is 19.7 Å². The maximum absolute atomic E-state index is 11.0. The van der Waals surface area contributed by atoms with Gasteiger partial charge in [-0.25, -0.2) is 0 Å². The van der Waals surface area contributed by atoms with Crippen LogP contribution in [0, 0.1) is 10.1 Å². The van der Waals surface area contributed by atoms with Crippen molar-refractivity contribution in [3.05, 3.63) is 45.8 Å². The van der Waals surface area contributed by atoms with Crippen LogP contribution in [-0.2, 0) is 20.2 Å². The van der Waals surface area contributed by atoms with Crippen molar-refractivity contribution in [2.45, 2.75) is 13.2 Å². The first-order valence-corrected chi connectivity index (χ1v) is 6.00. The summed E-state index contributed by atoms with van der Waals surface area (Å²) >= 11 is 0. The fraction of sp³-hybridized carbons (Fsp3) is 0.333. The fourth-order valence-corrected chi connectivity index (χ4v) is 1.75. The number of aryl methyl sites for hydroxylation is 1. The number of nitro groups is 1. The summed E-state index contributed by atoms with van der Waals surface area (Å²) in [5.74, 6) is 0.230. The van der Waals surface area contributed by atoms with Crippen LogP contribution in [0.5, 0.6) is 5.75 Å². The molecule has 1 aromatic carbocycles. The van der Waals surface area contributed by atoms with Gasteiger partial charge in [0.15, 0.2) is 5.75 Å². The highest BCUT2D eigenvalue weighted by atomic mass is 16.6. The van der Waals surface area contributed by atoms with Crippen molar-refractivity contribution in [2.75, 3.05) is 7.05 Å². The van der Waals surface area contributed by atoms with E-state index in [0.717, 1.165) is 5.56 Å². The summed E-state index contributed by atoms with van der Waals surface area (Å²) in [4.78, 5) is 10.5. The summed E-state index contributed by atoms with van der Waals surface area (Å²) in [5, 5.41) is 21.6. The zero-order valence-corrected chi connectivity index (χ0v) is 11.2. The van der Waals surface area contributed by atoms with E-state index in [-0.39, 0.29) is 18.0 Å². The summed E-state index contributed by atoms with van der Waals surface area (Å²) in [6.45, 7) is 0.747. The molecule has 0 fully saturated rings. The van der Waals surface area contributed by atoms with Gasteiger partial charge in [-0.1, -0.05) is 11.3 Å². The lowest BCUT2D eigenvalue weighted by Crippen LogP contribution is -2.06. The fourth-order valence-electron chi connectivity index (χ4n) is 1.75. The number of nitrogens with zero attached hydrogens (tertiary/aromatic N) is 4. The second-order valence-corrected chi connectivity index (χ2v) is 4.26. The Bertz CT molecular complexity index is 611. The van der Waals surface area contributed by atoms with Crippen LogP contribution in [0.1, 0.15) is 11.3 Å². The molecule has 0 saturated carbocycles. The third-order valence-electron chi connectivity index (χ3n) is 2.63. The Morgan fingerprint density at radius 3 is 2.90 bits per heavy atom. The zero-order valence-electron chi connectivity index (χ0n) is 11.2. The van der Waals surface area contributed by atoms with Crippen LogP contribution in [0.3, 0.4) is 0 Å². The van der Waals surface area contributed by atoms with Crippen molar-refractivity contribution >= 4 is 5.69 Å². The van der Waals surface area contributed by atoms with Crippen molar-refractivity contribution in [2.24, 2.45) is 7.05 Å². The van der Waals surface area contributed by atoms with E-state index in [1.54, 1.807) is 30.1 Å². The van der Waals surface area contributed by atoms with Crippen LogP contribution in [0.4, 0.5) is 5.69 Å². The lowest BCUT2D eigenvalue weighted by atomic mass is 10.2. The van der Waals surface area contributed by atoms with Crippen LogP contribution < -0.4 is 10.1 Å². The Balaban J connectivity index is 2.18. The van der Waals surface area contributed by atoms with Crippen molar-refractivity contribution in [3.8, 4) is 5.75 Å². The molecule has 1 heterocycles. The smallest absolute Gasteiger partial charge is 0.310 e. The van der Waals surface area contributed by atoms with Crippen LogP contribution in [-0.4, -0.2) is 27.0 Å². The van der Waals surface area contributed by atoms with Crippen molar-refractivity contribution < 1.29 is 9.66 Å². The first kappa shape index (κ1) is 13.9. The first-order valence-electron chi connectivity index (χ1n) is 6.00. The normalized spacial score (nSPS) is 10.5. The molecule has 0 spiro atoms. The average molecular weight is 277 g/mol. The van der Waals surface area contributed by atoms with Gasteiger partial charge < -0.3 is 10.1 Å². The van der Waals surface area contributed by atoms with Gasteiger partial charge >= 0.3 is 5.69 Å². The predicted octanol–water partition coefficient (Wildman–Crippen LogP) is 1.02. The molecule has 0 unspecified atom stereocenters. The molecule has 0 bridgehead atoms. The van der Waals surface area contributed by atoms with E-state index < -0.39 is 4.92 Å². The number of hydrogen-bond donors (Lipinski definition) is 1. The van der Waals surface area contributed by atoms with Gasteiger partial charge in [0.25, 0.3) is 0 Å². The minimum absolute atomic E-state index is 0.0613. The second-order valence-electron chi connectivity index (χ2n) is 4.26. The predicted molar refractivity (Wildman–Crippen MR) is 71.2 cm³/mol. The number of ether oxygens (including phenoxy) is 1. The maximum Gasteiger partial charge on any atom is 0.310 e. The van der Waals surface area contributed by atoms with Gasteiger partial charge in [0.2, 0.25) is 0 Å². The molecule has 0 radical (unpaired) electrons. The third kappa shape index (κ3) is 3.29. The standard InChI is InChI=1S/C12H15N5O3/c1-13-6-9-3-4-11(17(18)19)12(5-9)20-8-10-7-16(2)15-14-10/h3-5,7,13H,6,8H2,1-2H3. The van der Waals surface area contributed by atoms with E-state index in [1.165, 1.54) is 6.07 Å². The van der Waals surface area contributed by atoms with Gasteiger partial charge in [0.05, 0.1) is 11.1 Å². The minimum Gasteiger partial charge on any atom is -0.480 e. The number of nitrogens with one attached hydrogen (secondary N) is 1. The zero-order chi connectivity index (χ0) is 14.5. The monoisotopic (exact) mass is 277 g/mol. The summed E-state index contributed by atoms with van der Waals surface area (Å²) in [6, 6.07) is 4.80. The Kier molecular flexibility index (Phi) is 4.26. The minimum atomic E-state index is -0.463. The largest absolute Gasteiger partial charge is 0.480 e. The highest BCUT2D eigenvalue weighted by Crippen LogP contribution is 2.28. The van der Waals surface area contributed by atoms with Gasteiger partial charge in [-0.3, -0.25) is 14.8 Å². The Hall–Kier alpha value is -2.48. The molecule has 106 valence electrons. The molecule has 20 heavy (non-hydrogen) atoms. The quantitative estimate of drug-likeness (QED) is 0.625. The molecule has 0 saturated heterocycles. The molecule has 8 heteroatoms. The van der Waals surface area contributed by atoms with E-state index >= 15 is 0 Å². The maximum atomic E-state index is 11.0. The average Bonchev–Trinajstić information content (AvgIpc) is 2.82. The van der Waals surface area contributed by atoms with E-state index in [0.29, 0.717) is 12.2 Å². The van der Waals surface area contributed by atoms with Crippen molar-refractivity contribution in [3.63, 3.8) is 0 Å². The lowest BCUT2D eigenvalue weighted by Gasteiger charge is -2.07. The first-order chi connectivity index (χ1) is 9.60. The lowest BCUT2D eigenvalue weighted by molar-refractivity contribution is -0.386. The molecular formula is C12H15N5O3.